The van der Waals surface area contributed by atoms with Crippen molar-refractivity contribution < 1.29 is 4.39 Å². The molecule has 0 fully saturated rings. The van der Waals surface area contributed by atoms with Gasteiger partial charge in [-0.05, 0) is 36.1 Å². The van der Waals surface area contributed by atoms with E-state index in [-0.39, 0.29) is 11.9 Å². The molecule has 0 radical (unpaired) electrons. The Morgan fingerprint density at radius 3 is 3.00 bits per heavy atom. The molecular weight excluding hydrogens is 239 g/mol. The SMILES string of the molecule is CCCNC(c1cncc(F)c1)c1csnn1. The van der Waals surface area contributed by atoms with Crippen molar-refractivity contribution >= 4 is 11.5 Å². The van der Waals surface area contributed by atoms with E-state index in [9.17, 15) is 4.39 Å². The van der Waals surface area contributed by atoms with Gasteiger partial charge in [0.1, 0.15) is 5.82 Å². The highest BCUT2D eigenvalue weighted by Gasteiger charge is 2.16. The van der Waals surface area contributed by atoms with E-state index < -0.39 is 0 Å². The van der Waals surface area contributed by atoms with Crippen LogP contribution in [0.25, 0.3) is 0 Å². The van der Waals surface area contributed by atoms with Gasteiger partial charge in [0.05, 0.1) is 17.9 Å². The van der Waals surface area contributed by atoms with E-state index in [1.807, 2.05) is 5.38 Å². The summed E-state index contributed by atoms with van der Waals surface area (Å²) in [7, 11) is 0. The van der Waals surface area contributed by atoms with Gasteiger partial charge >= 0.3 is 0 Å². The van der Waals surface area contributed by atoms with Gasteiger partial charge in [-0.2, -0.15) is 0 Å². The summed E-state index contributed by atoms with van der Waals surface area (Å²) in [6.45, 7) is 2.91. The second-order valence-corrected chi connectivity index (χ2v) is 4.26. The van der Waals surface area contributed by atoms with Gasteiger partial charge in [0, 0.05) is 11.6 Å². The summed E-state index contributed by atoms with van der Waals surface area (Å²) in [5.74, 6) is -0.339. The summed E-state index contributed by atoms with van der Waals surface area (Å²) in [6, 6.07) is 1.33. The Balaban J connectivity index is 2.27. The highest BCUT2D eigenvalue weighted by Crippen LogP contribution is 2.20. The number of nitrogens with zero attached hydrogens (tertiary/aromatic N) is 3. The van der Waals surface area contributed by atoms with Crippen LogP contribution in [0, 0.1) is 5.82 Å². The smallest absolute Gasteiger partial charge is 0.141 e. The summed E-state index contributed by atoms with van der Waals surface area (Å²) in [5, 5.41) is 9.20. The number of hydrogen-bond donors (Lipinski definition) is 1. The summed E-state index contributed by atoms with van der Waals surface area (Å²) >= 11 is 1.28. The molecule has 0 spiro atoms. The topological polar surface area (TPSA) is 50.7 Å². The molecule has 2 aromatic rings. The Morgan fingerprint density at radius 2 is 2.35 bits per heavy atom. The Bertz CT molecular complexity index is 460. The zero-order chi connectivity index (χ0) is 12.1. The van der Waals surface area contributed by atoms with Crippen LogP contribution in [0.2, 0.25) is 0 Å². The third-order valence-corrected chi connectivity index (χ3v) is 2.85. The van der Waals surface area contributed by atoms with E-state index in [0.717, 1.165) is 24.2 Å². The first-order valence-corrected chi connectivity index (χ1v) is 6.25. The fraction of sp³-hybridized carbons (Fsp3) is 0.364. The predicted molar refractivity (Wildman–Crippen MR) is 64.2 cm³/mol. The van der Waals surface area contributed by atoms with Crippen molar-refractivity contribution in [3.63, 3.8) is 0 Å². The number of hydrogen-bond acceptors (Lipinski definition) is 5. The van der Waals surface area contributed by atoms with E-state index in [2.05, 4.69) is 26.8 Å². The fourth-order valence-electron chi connectivity index (χ4n) is 1.57. The lowest BCUT2D eigenvalue weighted by molar-refractivity contribution is 0.571. The van der Waals surface area contributed by atoms with Crippen LogP contribution >= 0.6 is 11.5 Å². The molecular formula is C11H13FN4S. The maximum absolute atomic E-state index is 13.2. The van der Waals surface area contributed by atoms with E-state index >= 15 is 0 Å². The molecule has 0 aliphatic carbocycles. The highest BCUT2D eigenvalue weighted by atomic mass is 32.1. The molecule has 1 N–H and O–H groups in total. The van der Waals surface area contributed by atoms with E-state index in [4.69, 9.17) is 0 Å². The highest BCUT2D eigenvalue weighted by molar-refractivity contribution is 7.03. The second-order valence-electron chi connectivity index (χ2n) is 3.65. The van der Waals surface area contributed by atoms with Crippen LogP contribution in [-0.4, -0.2) is 21.1 Å². The van der Waals surface area contributed by atoms with Crippen molar-refractivity contribution in [2.75, 3.05) is 6.54 Å². The summed E-state index contributed by atoms with van der Waals surface area (Å²) in [6.07, 6.45) is 3.84. The van der Waals surface area contributed by atoms with E-state index in [1.54, 1.807) is 6.20 Å². The van der Waals surface area contributed by atoms with Gasteiger partial charge in [-0.15, -0.1) is 5.10 Å². The van der Waals surface area contributed by atoms with Gasteiger partial charge < -0.3 is 5.32 Å². The summed E-state index contributed by atoms with van der Waals surface area (Å²) < 4.78 is 17.0. The minimum atomic E-state index is -0.339. The predicted octanol–water partition coefficient (Wildman–Crippen LogP) is 2.16. The van der Waals surface area contributed by atoms with Crippen LogP contribution in [0.5, 0.6) is 0 Å². The van der Waals surface area contributed by atoms with Gasteiger partial charge in [0.15, 0.2) is 0 Å². The van der Waals surface area contributed by atoms with E-state index in [1.165, 1.54) is 23.8 Å². The number of halogens is 1. The van der Waals surface area contributed by atoms with Crippen molar-refractivity contribution in [1.82, 2.24) is 19.9 Å². The largest absolute Gasteiger partial charge is 0.305 e. The molecule has 17 heavy (non-hydrogen) atoms. The maximum atomic E-state index is 13.2. The molecule has 0 aromatic carbocycles. The third-order valence-electron chi connectivity index (χ3n) is 2.33. The van der Waals surface area contributed by atoms with Crippen LogP contribution in [-0.2, 0) is 0 Å². The minimum Gasteiger partial charge on any atom is -0.305 e. The van der Waals surface area contributed by atoms with Gasteiger partial charge in [-0.25, -0.2) is 4.39 Å². The standard InChI is InChI=1S/C11H13FN4S/c1-2-3-14-11(10-7-17-16-15-10)8-4-9(12)6-13-5-8/h4-7,11,14H,2-3H2,1H3. The average molecular weight is 252 g/mol. The molecule has 2 aromatic heterocycles. The molecule has 0 saturated heterocycles. The van der Waals surface area contributed by atoms with Crippen molar-refractivity contribution in [2.24, 2.45) is 0 Å². The molecule has 0 amide bonds. The molecule has 2 rings (SSSR count). The molecule has 0 aliphatic rings. The summed E-state index contributed by atoms with van der Waals surface area (Å²) in [5.41, 5.74) is 1.57. The molecule has 0 saturated carbocycles. The maximum Gasteiger partial charge on any atom is 0.141 e. The summed E-state index contributed by atoms with van der Waals surface area (Å²) in [4.78, 5) is 3.86. The van der Waals surface area contributed by atoms with Gasteiger partial charge in [-0.1, -0.05) is 11.4 Å². The van der Waals surface area contributed by atoms with Gasteiger partial charge in [0.2, 0.25) is 0 Å². The van der Waals surface area contributed by atoms with Gasteiger partial charge in [0.25, 0.3) is 0 Å². The Labute approximate surface area is 103 Å². The monoisotopic (exact) mass is 252 g/mol. The first-order valence-electron chi connectivity index (χ1n) is 5.42. The number of pyridine rings is 1. The zero-order valence-corrected chi connectivity index (χ0v) is 10.2. The minimum absolute atomic E-state index is 0.142. The first-order chi connectivity index (χ1) is 8.31. The van der Waals surface area contributed by atoms with Crippen LogP contribution in [0.1, 0.15) is 30.6 Å². The van der Waals surface area contributed by atoms with Crippen molar-refractivity contribution in [2.45, 2.75) is 19.4 Å². The molecule has 1 unspecified atom stereocenters. The number of rotatable bonds is 5. The van der Waals surface area contributed by atoms with Crippen molar-refractivity contribution in [3.8, 4) is 0 Å². The second kappa shape index (κ2) is 5.79. The first kappa shape index (κ1) is 12.1. The fourth-order valence-corrected chi connectivity index (χ4v) is 2.05. The average Bonchev–Trinajstić information content (AvgIpc) is 2.83. The molecule has 90 valence electrons. The number of aromatic nitrogens is 3. The van der Waals surface area contributed by atoms with Crippen LogP contribution in [0.3, 0.4) is 0 Å². The molecule has 0 aliphatic heterocycles. The van der Waals surface area contributed by atoms with E-state index in [0.29, 0.717) is 0 Å². The quantitative estimate of drug-likeness (QED) is 0.886. The molecule has 2 heterocycles. The Morgan fingerprint density at radius 1 is 1.47 bits per heavy atom. The molecule has 1 atom stereocenters. The zero-order valence-electron chi connectivity index (χ0n) is 9.43. The lowest BCUT2D eigenvalue weighted by atomic mass is 10.1. The Hall–Kier alpha value is -1.40. The lowest BCUT2D eigenvalue weighted by Gasteiger charge is -2.15. The van der Waals surface area contributed by atoms with Gasteiger partial charge in [-0.3, -0.25) is 4.98 Å². The normalized spacial score (nSPS) is 12.6. The van der Waals surface area contributed by atoms with Crippen molar-refractivity contribution in [3.05, 3.63) is 40.9 Å². The lowest BCUT2D eigenvalue weighted by Crippen LogP contribution is -2.23. The number of nitrogens with one attached hydrogen (secondary N) is 1. The van der Waals surface area contributed by atoms with Crippen LogP contribution < -0.4 is 5.32 Å². The van der Waals surface area contributed by atoms with Crippen LogP contribution in [0.4, 0.5) is 4.39 Å². The Kier molecular flexibility index (Phi) is 4.11. The molecule has 0 bridgehead atoms. The van der Waals surface area contributed by atoms with Crippen LogP contribution in [0.15, 0.2) is 23.8 Å². The molecule has 4 nitrogen and oxygen atoms in total. The third kappa shape index (κ3) is 3.04. The molecule has 6 heteroatoms. The van der Waals surface area contributed by atoms with Crippen molar-refractivity contribution in [1.29, 1.82) is 0 Å².